The Labute approximate surface area is 133 Å². The van der Waals surface area contributed by atoms with Crippen LogP contribution in [0.15, 0.2) is 59.1 Å². The van der Waals surface area contributed by atoms with Gasteiger partial charge in [-0.15, -0.1) is 0 Å². The molecule has 3 heteroatoms. The van der Waals surface area contributed by atoms with E-state index in [0.29, 0.717) is 6.54 Å². The molecule has 0 heterocycles. The highest BCUT2D eigenvalue weighted by atomic mass is 16.2. The van der Waals surface area contributed by atoms with Gasteiger partial charge in [-0.1, -0.05) is 80.8 Å². The second-order valence-electron chi connectivity index (χ2n) is 5.12. The molecule has 0 aliphatic heterocycles. The highest BCUT2D eigenvalue weighted by Crippen LogP contribution is 2.04. The highest BCUT2D eigenvalue weighted by molar-refractivity contribution is 5.91. The summed E-state index contributed by atoms with van der Waals surface area (Å²) >= 11 is 0. The highest BCUT2D eigenvalue weighted by Gasteiger charge is 1.99. The van der Waals surface area contributed by atoms with Crippen LogP contribution in [0.2, 0.25) is 0 Å². The fourth-order valence-corrected chi connectivity index (χ4v) is 1.93. The number of hydrogen-bond acceptors (Lipinski definition) is 1. The van der Waals surface area contributed by atoms with E-state index in [1.54, 1.807) is 6.21 Å². The summed E-state index contributed by atoms with van der Waals surface area (Å²) in [7, 11) is 0. The zero-order chi connectivity index (χ0) is 16.0. The molecule has 3 nitrogen and oxygen atoms in total. The lowest BCUT2D eigenvalue weighted by molar-refractivity contribution is 0.250. The molecule has 1 aromatic carbocycles. The van der Waals surface area contributed by atoms with Crippen molar-refractivity contribution in [2.75, 3.05) is 6.54 Å². The number of amides is 2. The maximum absolute atomic E-state index is 11.7. The molecular formula is C19H26N2O. The van der Waals surface area contributed by atoms with Crippen LogP contribution in [0.4, 0.5) is 4.79 Å². The normalized spacial score (nSPS) is 12.2. The van der Waals surface area contributed by atoms with Gasteiger partial charge in [0.05, 0.1) is 0 Å². The fraction of sp³-hybridized carbons (Fsp3) is 0.368. The predicted octanol–water partition coefficient (Wildman–Crippen LogP) is 4.90. The Morgan fingerprint density at radius 3 is 2.64 bits per heavy atom. The Bertz CT molecular complexity index is 515. The molecule has 1 rings (SSSR count). The van der Waals surface area contributed by atoms with E-state index in [9.17, 15) is 4.79 Å². The number of nitrogens with zero attached hydrogens (tertiary/aromatic N) is 1. The van der Waals surface area contributed by atoms with Gasteiger partial charge in [-0.25, -0.2) is 9.79 Å². The molecule has 1 aromatic rings. The van der Waals surface area contributed by atoms with Crippen LogP contribution in [0, 0.1) is 0 Å². The average molecular weight is 298 g/mol. The molecule has 0 fully saturated rings. The van der Waals surface area contributed by atoms with Gasteiger partial charge in [-0.3, -0.25) is 0 Å². The molecule has 1 N–H and O–H groups in total. The first-order valence-electron chi connectivity index (χ1n) is 7.97. The maximum atomic E-state index is 11.7. The molecular weight excluding hydrogens is 272 g/mol. The maximum Gasteiger partial charge on any atom is 0.341 e. The molecule has 0 aromatic heterocycles. The Morgan fingerprint density at radius 1 is 1.18 bits per heavy atom. The molecule has 0 saturated heterocycles. The van der Waals surface area contributed by atoms with Gasteiger partial charge in [0, 0.05) is 12.8 Å². The van der Waals surface area contributed by atoms with Crippen molar-refractivity contribution in [1.82, 2.24) is 5.32 Å². The summed E-state index contributed by atoms with van der Waals surface area (Å²) in [5.74, 6) is 0. The number of unbranched alkanes of at least 4 members (excludes halogenated alkanes) is 1. The zero-order valence-electron chi connectivity index (χ0n) is 13.6. The van der Waals surface area contributed by atoms with Crippen molar-refractivity contribution < 1.29 is 4.79 Å². The van der Waals surface area contributed by atoms with Crippen LogP contribution in [0.5, 0.6) is 0 Å². The number of carbonyl (C=O) groups excluding carboxylic acids is 1. The number of benzene rings is 1. The van der Waals surface area contributed by atoms with Crippen molar-refractivity contribution in [3.8, 4) is 0 Å². The summed E-state index contributed by atoms with van der Waals surface area (Å²) in [4.78, 5) is 15.7. The fourth-order valence-electron chi connectivity index (χ4n) is 1.93. The van der Waals surface area contributed by atoms with E-state index in [1.807, 2.05) is 30.3 Å². The summed E-state index contributed by atoms with van der Waals surface area (Å²) in [6.45, 7) is 4.85. The minimum absolute atomic E-state index is 0.302. The molecule has 0 bridgehead atoms. The smallest absolute Gasteiger partial charge is 0.332 e. The van der Waals surface area contributed by atoms with Crippen molar-refractivity contribution >= 4 is 12.2 Å². The lowest BCUT2D eigenvalue weighted by atomic mass is 10.1. The number of rotatable bonds is 8. The van der Waals surface area contributed by atoms with Gasteiger partial charge in [0.15, 0.2) is 0 Å². The van der Waals surface area contributed by atoms with Gasteiger partial charge < -0.3 is 5.32 Å². The van der Waals surface area contributed by atoms with Crippen LogP contribution in [0.3, 0.4) is 0 Å². The van der Waals surface area contributed by atoms with Crippen molar-refractivity contribution in [2.45, 2.75) is 39.5 Å². The van der Waals surface area contributed by atoms with Gasteiger partial charge in [-0.05, 0) is 18.4 Å². The predicted molar refractivity (Wildman–Crippen MR) is 94.5 cm³/mol. The summed E-state index contributed by atoms with van der Waals surface area (Å²) < 4.78 is 0. The lowest BCUT2D eigenvalue weighted by Gasteiger charge is -2.05. The van der Waals surface area contributed by atoms with Crippen LogP contribution in [0.1, 0.15) is 45.1 Å². The number of aliphatic imine (C=N–C) groups is 1. The first-order chi connectivity index (χ1) is 10.8. The van der Waals surface area contributed by atoms with E-state index in [2.05, 4.69) is 42.4 Å². The standard InChI is InChI=1S/C19H26N2O/c1-3-5-6-8-12-17(11-4-2)15-20-19(22)21-16-18-13-9-7-10-14-18/h6-10,12-14,16H,3-5,11,15H2,1-2H3,(H,20,22)/b8-6+,17-12+,21-16+. The Kier molecular flexibility index (Phi) is 9.35. The van der Waals surface area contributed by atoms with Gasteiger partial charge in [0.1, 0.15) is 0 Å². The minimum atomic E-state index is -0.302. The van der Waals surface area contributed by atoms with Gasteiger partial charge in [0.2, 0.25) is 0 Å². The molecule has 0 saturated carbocycles. The monoisotopic (exact) mass is 298 g/mol. The third-order valence-electron chi connectivity index (χ3n) is 3.09. The van der Waals surface area contributed by atoms with Crippen LogP contribution in [-0.4, -0.2) is 18.8 Å². The molecule has 118 valence electrons. The SMILES string of the molecule is CCC/C=C/C=C(\CCC)CNC(=O)/N=C/c1ccccc1. The lowest BCUT2D eigenvalue weighted by Crippen LogP contribution is -2.22. The van der Waals surface area contributed by atoms with E-state index < -0.39 is 0 Å². The van der Waals surface area contributed by atoms with Crippen molar-refractivity contribution in [3.63, 3.8) is 0 Å². The summed E-state index contributed by atoms with van der Waals surface area (Å²) in [5, 5.41) is 2.84. The molecule has 0 unspecified atom stereocenters. The second-order valence-corrected chi connectivity index (χ2v) is 5.12. The van der Waals surface area contributed by atoms with Gasteiger partial charge in [-0.2, -0.15) is 0 Å². The number of hydrogen-bond donors (Lipinski definition) is 1. The van der Waals surface area contributed by atoms with E-state index >= 15 is 0 Å². The van der Waals surface area contributed by atoms with Crippen molar-refractivity contribution in [1.29, 1.82) is 0 Å². The first kappa shape index (κ1) is 17.9. The summed E-state index contributed by atoms with van der Waals surface area (Å²) in [6, 6.07) is 9.30. The molecule has 0 atom stereocenters. The third-order valence-corrected chi connectivity index (χ3v) is 3.09. The van der Waals surface area contributed by atoms with E-state index in [-0.39, 0.29) is 6.03 Å². The van der Waals surface area contributed by atoms with Crippen LogP contribution in [-0.2, 0) is 0 Å². The molecule has 22 heavy (non-hydrogen) atoms. The molecule has 0 spiro atoms. The van der Waals surface area contributed by atoms with E-state index in [0.717, 1.165) is 31.2 Å². The van der Waals surface area contributed by atoms with Crippen LogP contribution >= 0.6 is 0 Å². The molecule has 2 amide bonds. The Hall–Kier alpha value is -2.16. The molecule has 0 aliphatic carbocycles. The van der Waals surface area contributed by atoms with Crippen LogP contribution < -0.4 is 5.32 Å². The third kappa shape index (κ3) is 8.20. The van der Waals surface area contributed by atoms with E-state index in [4.69, 9.17) is 0 Å². The summed E-state index contributed by atoms with van der Waals surface area (Å²) in [5.41, 5.74) is 2.14. The first-order valence-corrected chi connectivity index (χ1v) is 7.97. The summed E-state index contributed by atoms with van der Waals surface area (Å²) in [6.07, 6.45) is 12.2. The number of nitrogens with one attached hydrogen (secondary N) is 1. The van der Waals surface area contributed by atoms with Crippen LogP contribution in [0.25, 0.3) is 0 Å². The van der Waals surface area contributed by atoms with Crippen molar-refractivity contribution in [3.05, 3.63) is 59.7 Å². The van der Waals surface area contributed by atoms with Crippen molar-refractivity contribution in [2.24, 2.45) is 4.99 Å². The quantitative estimate of drug-likeness (QED) is 0.538. The van der Waals surface area contributed by atoms with Gasteiger partial charge in [0.25, 0.3) is 0 Å². The largest absolute Gasteiger partial charge is 0.341 e. The topological polar surface area (TPSA) is 41.5 Å². The van der Waals surface area contributed by atoms with E-state index in [1.165, 1.54) is 5.57 Å². The zero-order valence-corrected chi connectivity index (χ0v) is 13.6. The number of carbonyl (C=O) groups is 1. The van der Waals surface area contributed by atoms with Gasteiger partial charge >= 0.3 is 6.03 Å². The Morgan fingerprint density at radius 2 is 1.95 bits per heavy atom. The number of allylic oxidation sites excluding steroid dienone is 3. The Balaban J connectivity index is 2.46. The average Bonchev–Trinajstić information content (AvgIpc) is 2.55. The molecule has 0 radical (unpaired) electrons. The second kappa shape index (κ2) is 11.5. The minimum Gasteiger partial charge on any atom is -0.332 e. The number of urea groups is 1. The molecule has 0 aliphatic rings.